The number of hydrogen-bond acceptors (Lipinski definition) is 3. The molecule has 1 saturated heterocycles. The average molecular weight is 205 g/mol. The lowest BCUT2D eigenvalue weighted by molar-refractivity contribution is -0.120. The normalized spacial score (nSPS) is 20.9. The van der Waals surface area contributed by atoms with Crippen LogP contribution >= 0.6 is 11.8 Å². The summed E-state index contributed by atoms with van der Waals surface area (Å²) in [6.07, 6.45) is 0. The molecule has 0 saturated carbocycles. The smallest absolute Gasteiger partial charge is 0.147 e. The Balaban J connectivity index is 0. The van der Waals surface area contributed by atoms with Crippen molar-refractivity contribution in [2.24, 2.45) is 0 Å². The molecular weight excluding hydrogens is 182 g/mol. The Bertz CT molecular complexity index is 128. The van der Waals surface area contributed by atoms with Gasteiger partial charge in [-0.15, -0.1) is 11.8 Å². The number of thioether (sulfide) groups is 1. The van der Waals surface area contributed by atoms with Crippen LogP contribution in [0.3, 0.4) is 0 Å². The first kappa shape index (κ1) is 15.5. The quantitative estimate of drug-likeness (QED) is 0.656. The minimum Gasteiger partial charge on any atom is -0.298 e. The molecule has 1 aliphatic rings. The van der Waals surface area contributed by atoms with Crippen LogP contribution in [0.5, 0.6) is 0 Å². The van der Waals surface area contributed by atoms with Crippen LogP contribution in [0.1, 0.15) is 34.6 Å². The third-order valence-corrected chi connectivity index (χ3v) is 2.71. The van der Waals surface area contributed by atoms with E-state index in [9.17, 15) is 4.79 Å². The molecule has 0 spiro atoms. The molecule has 1 rings (SSSR count). The Hall–Kier alpha value is -0.0200. The number of ketones is 1. The van der Waals surface area contributed by atoms with E-state index < -0.39 is 0 Å². The maximum atomic E-state index is 10.8. The largest absolute Gasteiger partial charge is 0.298 e. The van der Waals surface area contributed by atoms with Crippen molar-refractivity contribution in [1.82, 2.24) is 4.90 Å². The summed E-state index contributed by atoms with van der Waals surface area (Å²) >= 11 is 1.82. The molecule has 1 heterocycles. The maximum absolute atomic E-state index is 10.8. The fraction of sp³-hybridized carbons (Fsp3) is 0.900. The molecule has 2 nitrogen and oxygen atoms in total. The second-order valence-electron chi connectivity index (χ2n) is 2.38. The van der Waals surface area contributed by atoms with Gasteiger partial charge in [0.2, 0.25) is 0 Å². The fourth-order valence-electron chi connectivity index (χ4n) is 0.953. The number of Topliss-reactive ketones (excluding diaryl/α,β-unsaturated/α-hetero) is 1. The Morgan fingerprint density at radius 1 is 1.31 bits per heavy atom. The topological polar surface area (TPSA) is 20.3 Å². The van der Waals surface area contributed by atoms with E-state index in [4.69, 9.17) is 0 Å². The third-order valence-electron chi connectivity index (χ3n) is 1.57. The highest BCUT2D eigenvalue weighted by atomic mass is 32.2. The van der Waals surface area contributed by atoms with E-state index in [-0.39, 0.29) is 6.04 Å². The monoisotopic (exact) mass is 205 g/mol. The van der Waals surface area contributed by atoms with E-state index in [0.717, 1.165) is 11.6 Å². The third kappa shape index (κ3) is 6.11. The molecule has 13 heavy (non-hydrogen) atoms. The van der Waals surface area contributed by atoms with Crippen LogP contribution in [0, 0.1) is 0 Å². The van der Waals surface area contributed by atoms with Crippen molar-refractivity contribution in [3.05, 3.63) is 0 Å². The van der Waals surface area contributed by atoms with Gasteiger partial charge in [-0.1, -0.05) is 27.7 Å². The van der Waals surface area contributed by atoms with Crippen LogP contribution in [-0.2, 0) is 4.79 Å². The van der Waals surface area contributed by atoms with Crippen molar-refractivity contribution in [1.29, 1.82) is 0 Å². The Morgan fingerprint density at radius 3 is 1.92 bits per heavy atom. The molecule has 0 bridgehead atoms. The molecule has 80 valence electrons. The van der Waals surface area contributed by atoms with Crippen LogP contribution in [-0.4, -0.2) is 35.4 Å². The number of carbonyl (C=O) groups excluding carboxylic acids is 1. The molecule has 1 unspecified atom stereocenters. The van der Waals surface area contributed by atoms with Crippen molar-refractivity contribution < 1.29 is 4.79 Å². The highest BCUT2D eigenvalue weighted by molar-refractivity contribution is 7.99. The summed E-state index contributed by atoms with van der Waals surface area (Å²) in [5, 5.41) is 0. The van der Waals surface area contributed by atoms with Gasteiger partial charge in [0.15, 0.2) is 0 Å². The second-order valence-corrected chi connectivity index (χ2v) is 3.38. The van der Waals surface area contributed by atoms with Gasteiger partial charge in [-0.3, -0.25) is 9.69 Å². The van der Waals surface area contributed by atoms with E-state index in [2.05, 4.69) is 4.90 Å². The van der Waals surface area contributed by atoms with Crippen LogP contribution in [0.4, 0.5) is 0 Å². The van der Waals surface area contributed by atoms with Crippen molar-refractivity contribution in [3.8, 4) is 0 Å². The Morgan fingerprint density at radius 2 is 1.77 bits per heavy atom. The van der Waals surface area contributed by atoms with Crippen LogP contribution in [0.15, 0.2) is 0 Å². The van der Waals surface area contributed by atoms with E-state index >= 15 is 0 Å². The number of likely N-dealkylation sites (N-methyl/N-ethyl adjacent to an activating group) is 1. The molecule has 0 N–H and O–H groups in total. The molecule has 0 aromatic rings. The van der Waals surface area contributed by atoms with Crippen molar-refractivity contribution >= 4 is 17.5 Å². The Kier molecular flexibility index (Phi) is 12.0. The lowest BCUT2D eigenvalue weighted by Crippen LogP contribution is -2.32. The van der Waals surface area contributed by atoms with Gasteiger partial charge in [-0.25, -0.2) is 0 Å². The van der Waals surface area contributed by atoms with E-state index in [0.29, 0.717) is 5.78 Å². The maximum Gasteiger partial charge on any atom is 0.147 e. The highest BCUT2D eigenvalue weighted by Gasteiger charge is 2.24. The second kappa shape index (κ2) is 10.1. The van der Waals surface area contributed by atoms with Crippen molar-refractivity contribution in [2.75, 3.05) is 18.7 Å². The minimum absolute atomic E-state index is 0.190. The van der Waals surface area contributed by atoms with Gasteiger partial charge in [-0.2, -0.15) is 0 Å². The number of rotatable bonds is 1. The van der Waals surface area contributed by atoms with Crippen LogP contribution in [0.2, 0.25) is 0 Å². The zero-order valence-corrected chi connectivity index (χ0v) is 10.6. The first-order valence-corrected chi connectivity index (χ1v) is 6.15. The van der Waals surface area contributed by atoms with Crippen molar-refractivity contribution in [2.45, 2.75) is 40.7 Å². The first-order chi connectivity index (χ1) is 6.22. The van der Waals surface area contributed by atoms with Gasteiger partial charge >= 0.3 is 0 Å². The SMILES string of the molecule is CC.CC.CC(=O)C1CSCN1C. The summed E-state index contributed by atoms with van der Waals surface area (Å²) in [6.45, 7) is 9.66. The van der Waals surface area contributed by atoms with Gasteiger partial charge in [0.1, 0.15) is 5.78 Å². The van der Waals surface area contributed by atoms with Gasteiger partial charge < -0.3 is 0 Å². The number of carbonyl (C=O) groups is 1. The van der Waals surface area contributed by atoms with E-state index in [1.807, 2.05) is 46.5 Å². The molecule has 0 aliphatic carbocycles. The molecule has 3 heteroatoms. The predicted molar refractivity (Wildman–Crippen MR) is 62.3 cm³/mol. The molecule has 1 fully saturated rings. The summed E-state index contributed by atoms with van der Waals surface area (Å²) in [7, 11) is 1.99. The molecule has 1 atom stereocenters. The van der Waals surface area contributed by atoms with Crippen LogP contribution < -0.4 is 0 Å². The molecular formula is C10H23NOS. The fourth-order valence-corrected chi connectivity index (χ4v) is 2.24. The van der Waals surface area contributed by atoms with Gasteiger partial charge in [0.05, 0.1) is 6.04 Å². The molecule has 0 radical (unpaired) electrons. The van der Waals surface area contributed by atoms with Gasteiger partial charge in [0, 0.05) is 11.6 Å². The first-order valence-electron chi connectivity index (χ1n) is 5.00. The van der Waals surface area contributed by atoms with Gasteiger partial charge in [-0.05, 0) is 14.0 Å². The summed E-state index contributed by atoms with van der Waals surface area (Å²) in [6, 6.07) is 0.190. The van der Waals surface area contributed by atoms with Gasteiger partial charge in [0.25, 0.3) is 0 Å². The molecule has 1 aliphatic heterocycles. The highest BCUT2D eigenvalue weighted by Crippen LogP contribution is 2.18. The average Bonchev–Trinajstić information content (AvgIpc) is 2.58. The Labute approximate surface area is 87.1 Å². The zero-order valence-electron chi connectivity index (χ0n) is 9.76. The number of nitrogens with zero attached hydrogens (tertiary/aromatic N) is 1. The summed E-state index contributed by atoms with van der Waals surface area (Å²) in [5.41, 5.74) is 0. The molecule has 0 aromatic heterocycles. The summed E-state index contributed by atoms with van der Waals surface area (Å²) in [5.74, 6) is 2.28. The number of hydrogen-bond donors (Lipinski definition) is 0. The van der Waals surface area contributed by atoms with Crippen molar-refractivity contribution in [3.63, 3.8) is 0 Å². The lowest BCUT2D eigenvalue weighted by Gasteiger charge is -2.13. The van der Waals surface area contributed by atoms with Crippen LogP contribution in [0.25, 0.3) is 0 Å². The minimum atomic E-state index is 0.190. The summed E-state index contributed by atoms with van der Waals surface area (Å²) in [4.78, 5) is 12.9. The molecule has 0 aromatic carbocycles. The van der Waals surface area contributed by atoms with E-state index in [1.165, 1.54) is 0 Å². The molecule has 0 amide bonds. The summed E-state index contributed by atoms with van der Waals surface area (Å²) < 4.78 is 0. The standard InChI is InChI=1S/C6H11NOS.2C2H6/c1-5(8)6-3-9-4-7(6)2;2*1-2/h6H,3-4H2,1-2H3;2*1-2H3. The lowest BCUT2D eigenvalue weighted by atomic mass is 10.2. The van der Waals surface area contributed by atoms with E-state index in [1.54, 1.807) is 6.92 Å². The zero-order chi connectivity index (χ0) is 10.9. The predicted octanol–water partition coefficient (Wildman–Crippen LogP) is 2.63.